The molecule has 1 aromatic carbocycles. The first-order chi connectivity index (χ1) is 11.1. The molecule has 0 radical (unpaired) electrons. The van der Waals surface area contributed by atoms with E-state index in [1.54, 1.807) is 17.1 Å². The summed E-state index contributed by atoms with van der Waals surface area (Å²) in [5.41, 5.74) is 3.13. The van der Waals surface area contributed by atoms with Gasteiger partial charge in [-0.1, -0.05) is 24.3 Å². The van der Waals surface area contributed by atoms with Crippen molar-refractivity contribution in [1.82, 2.24) is 20.1 Å². The van der Waals surface area contributed by atoms with Crippen molar-refractivity contribution in [2.24, 2.45) is 0 Å². The summed E-state index contributed by atoms with van der Waals surface area (Å²) < 4.78 is 1.73. The van der Waals surface area contributed by atoms with Crippen molar-refractivity contribution in [1.29, 1.82) is 0 Å². The van der Waals surface area contributed by atoms with Crippen LogP contribution in [0.4, 0.5) is 0 Å². The van der Waals surface area contributed by atoms with E-state index < -0.39 is 0 Å². The summed E-state index contributed by atoms with van der Waals surface area (Å²) in [6.07, 6.45) is 4.29. The lowest BCUT2D eigenvalue weighted by Gasteiger charge is -2.15. The number of hydrogen-bond acceptors (Lipinski definition) is 3. The van der Waals surface area contributed by atoms with E-state index in [9.17, 15) is 4.79 Å². The number of nitrogens with one attached hydrogen (secondary N) is 1. The van der Waals surface area contributed by atoms with Crippen LogP contribution in [0.1, 0.15) is 18.2 Å². The third-order valence-electron chi connectivity index (χ3n) is 3.87. The van der Waals surface area contributed by atoms with Crippen LogP contribution in [0.5, 0.6) is 0 Å². The van der Waals surface area contributed by atoms with Crippen LogP contribution in [0.3, 0.4) is 0 Å². The van der Waals surface area contributed by atoms with Gasteiger partial charge in [0.1, 0.15) is 6.54 Å². The highest BCUT2D eigenvalue weighted by Gasteiger charge is 2.12. The van der Waals surface area contributed by atoms with E-state index in [2.05, 4.69) is 15.4 Å². The molecule has 23 heavy (non-hydrogen) atoms. The Bertz CT molecular complexity index is 825. The summed E-state index contributed by atoms with van der Waals surface area (Å²) in [7, 11) is 0. The largest absolute Gasteiger partial charge is 0.352 e. The van der Waals surface area contributed by atoms with Gasteiger partial charge in [0.25, 0.3) is 0 Å². The average molecular weight is 308 g/mol. The van der Waals surface area contributed by atoms with Crippen LogP contribution in [0.2, 0.25) is 0 Å². The number of para-hydroxylation sites is 1. The third-order valence-corrected chi connectivity index (χ3v) is 3.87. The minimum absolute atomic E-state index is 0.0259. The van der Waals surface area contributed by atoms with Crippen LogP contribution in [0.15, 0.2) is 48.8 Å². The number of rotatable bonds is 5. The van der Waals surface area contributed by atoms with Crippen LogP contribution in [0, 0.1) is 6.92 Å². The molecule has 1 atom stereocenters. The van der Waals surface area contributed by atoms with Gasteiger partial charge in [0.15, 0.2) is 0 Å². The molecular weight excluding hydrogens is 288 g/mol. The molecular formula is C18H20N4O. The number of carbonyl (C=O) groups is 1. The third kappa shape index (κ3) is 3.56. The number of hydrogen-bond donors (Lipinski definition) is 1. The Balaban J connectivity index is 1.62. The Morgan fingerprint density at radius 1 is 1.26 bits per heavy atom. The highest BCUT2D eigenvalue weighted by atomic mass is 16.2. The van der Waals surface area contributed by atoms with Crippen molar-refractivity contribution in [3.63, 3.8) is 0 Å². The lowest BCUT2D eigenvalue weighted by molar-refractivity contribution is -0.122. The number of aryl methyl sites for hydroxylation is 1. The van der Waals surface area contributed by atoms with E-state index in [4.69, 9.17) is 0 Å². The summed E-state index contributed by atoms with van der Waals surface area (Å²) in [5, 5.41) is 8.34. The SMILES string of the molecule is Cc1cccnc1C[C@H](C)NC(=O)Cn1ncc2ccccc21. The molecule has 5 nitrogen and oxygen atoms in total. The fourth-order valence-corrected chi connectivity index (χ4v) is 2.68. The molecule has 0 saturated heterocycles. The Kier molecular flexibility index (Phi) is 4.37. The fraction of sp³-hybridized carbons (Fsp3) is 0.278. The number of aromatic nitrogens is 3. The average Bonchev–Trinajstić information content (AvgIpc) is 2.93. The van der Waals surface area contributed by atoms with Crippen LogP contribution >= 0.6 is 0 Å². The normalized spacial score (nSPS) is 12.3. The van der Waals surface area contributed by atoms with Gasteiger partial charge in [-0.05, 0) is 31.5 Å². The summed E-state index contributed by atoms with van der Waals surface area (Å²) in [6, 6.07) is 11.9. The molecule has 1 amide bonds. The molecule has 0 fully saturated rings. The molecule has 2 heterocycles. The van der Waals surface area contributed by atoms with Crippen molar-refractivity contribution in [2.75, 3.05) is 0 Å². The highest BCUT2D eigenvalue weighted by molar-refractivity contribution is 5.82. The summed E-state index contributed by atoms with van der Waals surface area (Å²) in [6.45, 7) is 4.25. The number of pyridine rings is 1. The van der Waals surface area contributed by atoms with E-state index in [0.29, 0.717) is 0 Å². The van der Waals surface area contributed by atoms with Gasteiger partial charge in [-0.15, -0.1) is 0 Å². The van der Waals surface area contributed by atoms with Crippen molar-refractivity contribution in [3.05, 3.63) is 60.0 Å². The van der Waals surface area contributed by atoms with E-state index in [1.165, 1.54) is 0 Å². The number of amides is 1. The first-order valence-electron chi connectivity index (χ1n) is 7.74. The Labute approximate surface area is 135 Å². The maximum Gasteiger partial charge on any atom is 0.241 e. The molecule has 0 aliphatic rings. The molecule has 2 aromatic heterocycles. The standard InChI is InChI=1S/C18H20N4O/c1-13-6-5-9-19-16(13)10-14(2)21-18(23)12-22-17-8-4-3-7-15(17)11-20-22/h3-9,11,14H,10,12H2,1-2H3,(H,21,23)/t14-/m0/s1. The topological polar surface area (TPSA) is 59.8 Å². The second kappa shape index (κ2) is 6.60. The van der Waals surface area contributed by atoms with Crippen molar-refractivity contribution < 1.29 is 4.79 Å². The maximum atomic E-state index is 12.2. The molecule has 118 valence electrons. The van der Waals surface area contributed by atoms with E-state index in [1.807, 2.05) is 50.2 Å². The molecule has 0 aliphatic heterocycles. The lowest BCUT2D eigenvalue weighted by Crippen LogP contribution is -2.36. The Morgan fingerprint density at radius 3 is 2.91 bits per heavy atom. The number of benzene rings is 1. The first-order valence-corrected chi connectivity index (χ1v) is 7.74. The van der Waals surface area contributed by atoms with E-state index >= 15 is 0 Å². The van der Waals surface area contributed by atoms with Gasteiger partial charge in [0.2, 0.25) is 5.91 Å². The quantitative estimate of drug-likeness (QED) is 0.788. The molecule has 3 rings (SSSR count). The summed E-state index contributed by atoms with van der Waals surface area (Å²) in [4.78, 5) is 16.6. The predicted molar refractivity (Wildman–Crippen MR) is 90.0 cm³/mol. The zero-order valence-corrected chi connectivity index (χ0v) is 13.4. The fourth-order valence-electron chi connectivity index (χ4n) is 2.68. The highest BCUT2D eigenvalue weighted by Crippen LogP contribution is 2.12. The smallest absolute Gasteiger partial charge is 0.241 e. The van der Waals surface area contributed by atoms with Gasteiger partial charge < -0.3 is 5.32 Å². The van der Waals surface area contributed by atoms with Gasteiger partial charge in [-0.3, -0.25) is 14.5 Å². The molecule has 0 unspecified atom stereocenters. The maximum absolute atomic E-state index is 12.2. The summed E-state index contributed by atoms with van der Waals surface area (Å²) >= 11 is 0. The van der Waals surface area contributed by atoms with Crippen LogP contribution in [0.25, 0.3) is 10.9 Å². The minimum Gasteiger partial charge on any atom is -0.352 e. The minimum atomic E-state index is -0.0417. The molecule has 0 saturated carbocycles. The molecule has 0 bridgehead atoms. The van der Waals surface area contributed by atoms with Crippen LogP contribution < -0.4 is 5.32 Å². The van der Waals surface area contributed by atoms with Crippen LogP contribution in [-0.4, -0.2) is 26.7 Å². The first kappa shape index (κ1) is 15.2. The zero-order valence-electron chi connectivity index (χ0n) is 13.4. The molecule has 0 aliphatic carbocycles. The second-order valence-electron chi connectivity index (χ2n) is 5.80. The number of carbonyl (C=O) groups excluding carboxylic acids is 1. The van der Waals surface area contributed by atoms with Crippen molar-refractivity contribution in [2.45, 2.75) is 32.9 Å². The predicted octanol–water partition coefficient (Wildman–Crippen LogP) is 2.49. The molecule has 1 N–H and O–H groups in total. The van der Waals surface area contributed by atoms with Crippen molar-refractivity contribution >= 4 is 16.8 Å². The Morgan fingerprint density at radius 2 is 2.09 bits per heavy atom. The summed E-state index contributed by atoms with van der Waals surface area (Å²) in [5.74, 6) is -0.0417. The van der Waals surface area contributed by atoms with Crippen molar-refractivity contribution in [3.8, 4) is 0 Å². The van der Waals surface area contributed by atoms with Gasteiger partial charge in [0.05, 0.1) is 11.7 Å². The second-order valence-corrected chi connectivity index (χ2v) is 5.80. The van der Waals surface area contributed by atoms with Crippen LogP contribution in [-0.2, 0) is 17.8 Å². The zero-order chi connectivity index (χ0) is 16.2. The molecule has 0 spiro atoms. The lowest BCUT2D eigenvalue weighted by atomic mass is 10.1. The van der Waals surface area contributed by atoms with Gasteiger partial charge >= 0.3 is 0 Å². The van der Waals surface area contributed by atoms with Gasteiger partial charge in [-0.25, -0.2) is 0 Å². The molecule has 3 aromatic rings. The number of nitrogens with zero attached hydrogens (tertiary/aromatic N) is 3. The number of fused-ring (bicyclic) bond motifs is 1. The van der Waals surface area contributed by atoms with E-state index in [0.717, 1.165) is 28.6 Å². The van der Waals surface area contributed by atoms with Gasteiger partial charge in [-0.2, -0.15) is 5.10 Å². The van der Waals surface area contributed by atoms with E-state index in [-0.39, 0.29) is 18.5 Å². The van der Waals surface area contributed by atoms with Gasteiger partial charge in [0, 0.05) is 29.7 Å². The monoisotopic (exact) mass is 308 g/mol. The molecule has 5 heteroatoms. The Hall–Kier alpha value is -2.69.